The molecule has 0 amide bonds. The van der Waals surface area contributed by atoms with E-state index in [9.17, 15) is 0 Å². The van der Waals surface area contributed by atoms with E-state index in [-0.39, 0.29) is 18.6 Å². The molecule has 0 aliphatic rings. The predicted octanol–water partition coefficient (Wildman–Crippen LogP) is -0.215. The first-order valence-electron chi connectivity index (χ1n) is 5.67. The lowest BCUT2D eigenvalue weighted by Gasteiger charge is -2.27. The van der Waals surface area contributed by atoms with Crippen molar-refractivity contribution in [3.8, 4) is 0 Å². The van der Waals surface area contributed by atoms with Crippen LogP contribution in [0.25, 0.3) is 0 Å². The Bertz CT molecular complexity index is 323. The van der Waals surface area contributed by atoms with Crippen LogP contribution in [0, 0.1) is 5.41 Å². The highest BCUT2D eigenvalue weighted by Gasteiger charge is 2.22. The molecule has 0 unspecified atom stereocenters. The molecule has 0 saturated heterocycles. The smallest absolute Gasteiger partial charge is 0.125 e. The molecule has 0 radical (unpaired) electrons. The molecule has 0 aliphatic heterocycles. The van der Waals surface area contributed by atoms with Crippen LogP contribution < -0.4 is 11.5 Å². The van der Waals surface area contributed by atoms with E-state index >= 15 is 0 Å². The molecule has 1 rings (SSSR count). The summed E-state index contributed by atoms with van der Waals surface area (Å²) in [6.45, 7) is 2.62. The number of anilines is 2. The van der Waals surface area contributed by atoms with E-state index in [0.717, 1.165) is 0 Å². The minimum absolute atomic E-state index is 0.0294. The van der Waals surface area contributed by atoms with Crippen LogP contribution in [0.15, 0.2) is 18.2 Å². The van der Waals surface area contributed by atoms with Crippen molar-refractivity contribution < 1.29 is 10.2 Å². The van der Waals surface area contributed by atoms with Gasteiger partial charge >= 0.3 is 0 Å². The number of aromatic nitrogens is 1. The first-order valence-corrected chi connectivity index (χ1v) is 5.67. The molecule has 0 aliphatic carbocycles. The topological polar surface area (TPSA) is 109 Å². The van der Waals surface area contributed by atoms with Gasteiger partial charge in [0.25, 0.3) is 0 Å². The molecule has 18 heavy (non-hydrogen) atoms. The van der Waals surface area contributed by atoms with Gasteiger partial charge < -0.3 is 26.6 Å². The number of aliphatic hydroxyl groups is 2. The molecule has 0 atom stereocenters. The highest BCUT2D eigenvalue weighted by atomic mass is 16.3. The Morgan fingerprint density at radius 1 is 1.17 bits per heavy atom. The molecule has 1 aromatic rings. The standard InChI is InChI=1S/C7H17NO2.C5H7N3/c1-7(5-9,6-10)4-8(2)3;6-4-2-1-3-5(7)8-4/h9-10H,4-6H2,1-3H3;1-3H,(H4,6,7,8). The molecule has 1 heterocycles. The molecule has 1 aromatic heterocycles. The molecule has 104 valence electrons. The molecule has 0 fully saturated rings. The molecular weight excluding hydrogens is 232 g/mol. The first kappa shape index (κ1) is 16.6. The third-order valence-corrected chi connectivity index (χ3v) is 2.25. The van der Waals surface area contributed by atoms with Gasteiger partial charge in [-0.05, 0) is 26.2 Å². The second-order valence-corrected chi connectivity index (χ2v) is 4.85. The Kier molecular flexibility index (Phi) is 7.26. The second-order valence-electron chi connectivity index (χ2n) is 4.85. The van der Waals surface area contributed by atoms with E-state index in [0.29, 0.717) is 18.2 Å². The summed E-state index contributed by atoms with van der Waals surface area (Å²) < 4.78 is 0. The Labute approximate surface area is 108 Å². The number of hydrogen-bond donors (Lipinski definition) is 4. The van der Waals surface area contributed by atoms with Crippen LogP contribution >= 0.6 is 0 Å². The maximum atomic E-state index is 8.85. The van der Waals surface area contributed by atoms with Gasteiger partial charge in [-0.3, -0.25) is 0 Å². The van der Waals surface area contributed by atoms with E-state index in [4.69, 9.17) is 21.7 Å². The Balaban J connectivity index is 0.000000327. The van der Waals surface area contributed by atoms with Gasteiger partial charge in [0.05, 0.1) is 13.2 Å². The average molecular weight is 256 g/mol. The second kappa shape index (κ2) is 7.86. The van der Waals surface area contributed by atoms with Crippen LogP contribution in [0.3, 0.4) is 0 Å². The van der Waals surface area contributed by atoms with E-state index in [1.165, 1.54) is 0 Å². The number of nitrogens with zero attached hydrogens (tertiary/aromatic N) is 2. The maximum Gasteiger partial charge on any atom is 0.125 e. The van der Waals surface area contributed by atoms with Crippen molar-refractivity contribution in [2.75, 3.05) is 45.3 Å². The van der Waals surface area contributed by atoms with Gasteiger partial charge in [-0.25, -0.2) is 4.98 Å². The van der Waals surface area contributed by atoms with Crippen LogP contribution in [-0.4, -0.2) is 54.0 Å². The number of nitrogens with two attached hydrogens (primary N) is 2. The van der Waals surface area contributed by atoms with Crippen LogP contribution in [0.1, 0.15) is 6.92 Å². The van der Waals surface area contributed by atoms with Gasteiger partial charge in [-0.2, -0.15) is 0 Å². The summed E-state index contributed by atoms with van der Waals surface area (Å²) in [5.41, 5.74) is 10.2. The fourth-order valence-electron chi connectivity index (χ4n) is 1.38. The summed E-state index contributed by atoms with van der Waals surface area (Å²) in [6, 6.07) is 5.14. The molecule has 6 heteroatoms. The third-order valence-electron chi connectivity index (χ3n) is 2.25. The zero-order valence-corrected chi connectivity index (χ0v) is 11.3. The molecule has 0 spiro atoms. The minimum atomic E-state index is -0.358. The summed E-state index contributed by atoms with van der Waals surface area (Å²) in [4.78, 5) is 5.68. The van der Waals surface area contributed by atoms with Gasteiger partial charge in [0.15, 0.2) is 0 Å². The molecule has 0 aromatic carbocycles. The van der Waals surface area contributed by atoms with Gasteiger partial charge in [0.2, 0.25) is 0 Å². The fraction of sp³-hybridized carbons (Fsp3) is 0.583. The monoisotopic (exact) mass is 256 g/mol. The van der Waals surface area contributed by atoms with Gasteiger partial charge in [-0.15, -0.1) is 0 Å². The van der Waals surface area contributed by atoms with Gasteiger partial charge in [0.1, 0.15) is 11.6 Å². The number of pyridine rings is 1. The number of aliphatic hydroxyl groups excluding tert-OH is 2. The maximum absolute atomic E-state index is 8.85. The van der Waals surface area contributed by atoms with Crippen LogP contribution in [0.5, 0.6) is 0 Å². The van der Waals surface area contributed by atoms with Crippen LogP contribution in [-0.2, 0) is 0 Å². The summed E-state index contributed by atoms with van der Waals surface area (Å²) in [6.07, 6.45) is 0. The Hall–Kier alpha value is -1.37. The summed E-state index contributed by atoms with van der Waals surface area (Å²) in [5.74, 6) is 0.926. The van der Waals surface area contributed by atoms with E-state index in [1.54, 1.807) is 18.2 Å². The quantitative estimate of drug-likeness (QED) is 0.593. The number of nitrogen functional groups attached to an aromatic ring is 2. The van der Waals surface area contributed by atoms with E-state index in [2.05, 4.69) is 4.98 Å². The third kappa shape index (κ3) is 7.05. The lowest BCUT2D eigenvalue weighted by Crippen LogP contribution is -2.37. The van der Waals surface area contributed by atoms with Crippen molar-refractivity contribution in [1.82, 2.24) is 9.88 Å². The Morgan fingerprint density at radius 3 is 1.78 bits per heavy atom. The van der Waals surface area contributed by atoms with Gasteiger partial charge in [0, 0.05) is 12.0 Å². The van der Waals surface area contributed by atoms with Crippen molar-refractivity contribution in [3.63, 3.8) is 0 Å². The molecule has 0 bridgehead atoms. The highest BCUT2D eigenvalue weighted by molar-refractivity contribution is 5.37. The van der Waals surface area contributed by atoms with Crippen molar-refractivity contribution >= 4 is 11.6 Å². The normalized spacial score (nSPS) is 11.0. The molecule has 6 nitrogen and oxygen atoms in total. The first-order chi connectivity index (χ1) is 8.33. The number of rotatable bonds is 4. The summed E-state index contributed by atoms with van der Waals surface area (Å²) in [7, 11) is 3.84. The number of hydrogen-bond acceptors (Lipinski definition) is 6. The minimum Gasteiger partial charge on any atom is -0.396 e. The molecular formula is C12H24N4O2. The lowest BCUT2D eigenvalue weighted by molar-refractivity contribution is 0.0479. The lowest BCUT2D eigenvalue weighted by atomic mass is 9.93. The average Bonchev–Trinajstić information content (AvgIpc) is 2.28. The highest BCUT2D eigenvalue weighted by Crippen LogP contribution is 2.14. The Morgan fingerprint density at radius 2 is 1.61 bits per heavy atom. The van der Waals surface area contributed by atoms with Crippen LogP contribution in [0.2, 0.25) is 0 Å². The van der Waals surface area contributed by atoms with E-state index < -0.39 is 0 Å². The van der Waals surface area contributed by atoms with Crippen molar-refractivity contribution in [1.29, 1.82) is 0 Å². The van der Waals surface area contributed by atoms with Crippen molar-refractivity contribution in [3.05, 3.63) is 18.2 Å². The predicted molar refractivity (Wildman–Crippen MR) is 73.9 cm³/mol. The molecule has 6 N–H and O–H groups in total. The summed E-state index contributed by atoms with van der Waals surface area (Å²) in [5, 5.41) is 17.7. The fourth-order valence-corrected chi connectivity index (χ4v) is 1.38. The van der Waals surface area contributed by atoms with Crippen molar-refractivity contribution in [2.24, 2.45) is 5.41 Å². The van der Waals surface area contributed by atoms with E-state index in [1.807, 2.05) is 25.9 Å². The zero-order chi connectivity index (χ0) is 14.2. The molecule has 0 saturated carbocycles. The largest absolute Gasteiger partial charge is 0.396 e. The van der Waals surface area contributed by atoms with Crippen LogP contribution in [0.4, 0.5) is 11.6 Å². The zero-order valence-electron chi connectivity index (χ0n) is 11.3. The van der Waals surface area contributed by atoms with Gasteiger partial charge in [-0.1, -0.05) is 13.0 Å². The SMILES string of the molecule is CN(C)CC(C)(CO)CO.Nc1cccc(N)n1. The van der Waals surface area contributed by atoms with Crippen molar-refractivity contribution in [2.45, 2.75) is 6.92 Å². The summed E-state index contributed by atoms with van der Waals surface area (Å²) >= 11 is 0.